The number of nitrogens with zero attached hydrogens (tertiary/aromatic N) is 1. The molecule has 0 aromatic rings. The second-order valence-corrected chi connectivity index (χ2v) is 4.67. The first-order chi connectivity index (χ1) is 7.55. The molecule has 0 saturated carbocycles. The van der Waals surface area contributed by atoms with E-state index in [4.69, 9.17) is 9.84 Å². The molecule has 1 rings (SSSR count). The molecule has 1 heterocycles. The van der Waals surface area contributed by atoms with Crippen molar-refractivity contribution in [3.63, 3.8) is 0 Å². The zero-order chi connectivity index (χ0) is 12.2. The number of carbonyl (C=O) groups excluding carboxylic acids is 1. The Labute approximate surface area is 108 Å². The number of piperidine rings is 1. The molecule has 1 saturated heterocycles. The molecule has 0 bridgehead atoms. The largest absolute Gasteiger partial charge is 0.466 e. The second-order valence-electron chi connectivity index (χ2n) is 3.90. The Morgan fingerprint density at radius 2 is 2.00 bits per heavy atom. The molecule has 0 radical (unpaired) electrons. The number of rotatable bonds is 3. The Bertz CT molecular complexity index is 274. The number of likely N-dealkylation sites (tertiary alicyclic amines) is 1. The van der Waals surface area contributed by atoms with E-state index >= 15 is 0 Å². The fourth-order valence-corrected chi connectivity index (χ4v) is 2.88. The molecule has 92 valence electrons. The van der Waals surface area contributed by atoms with E-state index in [0.29, 0.717) is 37.0 Å². The van der Waals surface area contributed by atoms with Gasteiger partial charge >= 0.3 is 12.1 Å². The minimum absolute atomic E-state index is 0.186. The summed E-state index contributed by atoms with van der Waals surface area (Å²) >= 11 is 2.17. The normalized spacial score (nSPS) is 19.2. The number of carbonyl (C=O) groups is 2. The van der Waals surface area contributed by atoms with Crippen molar-refractivity contribution < 1.29 is 19.4 Å². The fraction of sp³-hybridized carbons (Fsp3) is 0.800. The van der Waals surface area contributed by atoms with E-state index < -0.39 is 11.5 Å². The first-order valence-electron chi connectivity index (χ1n) is 5.27. The number of halogens is 1. The summed E-state index contributed by atoms with van der Waals surface area (Å²) in [6.45, 7) is 2.99. The highest BCUT2D eigenvalue weighted by Gasteiger charge is 2.42. The van der Waals surface area contributed by atoms with Crippen molar-refractivity contribution in [1.29, 1.82) is 0 Å². The van der Waals surface area contributed by atoms with E-state index in [9.17, 15) is 9.59 Å². The summed E-state index contributed by atoms with van der Waals surface area (Å²) in [6, 6.07) is 0. The Morgan fingerprint density at radius 1 is 1.44 bits per heavy atom. The van der Waals surface area contributed by atoms with Gasteiger partial charge in [0.2, 0.25) is 0 Å². The third kappa shape index (κ3) is 2.78. The third-order valence-electron chi connectivity index (χ3n) is 2.96. The average molecular weight is 341 g/mol. The summed E-state index contributed by atoms with van der Waals surface area (Å²) in [5.41, 5.74) is -0.484. The molecule has 0 aromatic carbocycles. The molecule has 1 aliphatic heterocycles. The summed E-state index contributed by atoms with van der Waals surface area (Å²) in [4.78, 5) is 23.9. The predicted octanol–water partition coefficient (Wildman–Crippen LogP) is 1.74. The van der Waals surface area contributed by atoms with Gasteiger partial charge in [-0.05, 0) is 19.8 Å². The molecule has 0 unspecified atom stereocenters. The summed E-state index contributed by atoms with van der Waals surface area (Å²) in [7, 11) is 0. The van der Waals surface area contributed by atoms with Crippen LogP contribution < -0.4 is 0 Å². The lowest BCUT2D eigenvalue weighted by Gasteiger charge is -2.37. The molecule has 0 aliphatic carbocycles. The lowest BCUT2D eigenvalue weighted by molar-refractivity contribution is -0.156. The van der Waals surface area contributed by atoms with Crippen LogP contribution in [0.2, 0.25) is 0 Å². The van der Waals surface area contributed by atoms with Gasteiger partial charge in [0, 0.05) is 17.5 Å². The van der Waals surface area contributed by atoms with Gasteiger partial charge in [0.25, 0.3) is 0 Å². The van der Waals surface area contributed by atoms with Gasteiger partial charge < -0.3 is 14.7 Å². The van der Waals surface area contributed by atoms with Crippen LogP contribution in [0.3, 0.4) is 0 Å². The number of ether oxygens (including phenoxy) is 1. The number of amides is 1. The predicted molar refractivity (Wildman–Crippen MR) is 66.8 cm³/mol. The highest BCUT2D eigenvalue weighted by molar-refractivity contribution is 14.1. The molecule has 0 atom stereocenters. The Kier molecular flexibility index (Phi) is 4.82. The van der Waals surface area contributed by atoms with Crippen molar-refractivity contribution in [3.8, 4) is 0 Å². The van der Waals surface area contributed by atoms with Crippen molar-refractivity contribution in [2.24, 2.45) is 5.41 Å². The minimum atomic E-state index is -0.911. The van der Waals surface area contributed by atoms with Gasteiger partial charge in [0.05, 0.1) is 12.0 Å². The van der Waals surface area contributed by atoms with E-state index in [0.717, 1.165) is 0 Å². The van der Waals surface area contributed by atoms with Crippen molar-refractivity contribution in [3.05, 3.63) is 0 Å². The summed E-state index contributed by atoms with van der Waals surface area (Å²) in [5.74, 6) is -0.186. The molecular formula is C10H16INO4. The van der Waals surface area contributed by atoms with Gasteiger partial charge in [0.1, 0.15) is 0 Å². The van der Waals surface area contributed by atoms with E-state index in [-0.39, 0.29) is 5.97 Å². The molecule has 5 nitrogen and oxygen atoms in total. The monoisotopic (exact) mass is 341 g/mol. The maximum atomic E-state index is 11.8. The van der Waals surface area contributed by atoms with Gasteiger partial charge in [-0.1, -0.05) is 22.6 Å². The number of hydrogen-bond acceptors (Lipinski definition) is 3. The molecule has 1 N–H and O–H groups in total. The summed E-state index contributed by atoms with van der Waals surface area (Å²) in [5, 5.41) is 8.83. The molecule has 6 heteroatoms. The molecule has 1 amide bonds. The minimum Gasteiger partial charge on any atom is -0.466 e. The van der Waals surface area contributed by atoms with Crippen LogP contribution in [0.15, 0.2) is 0 Å². The summed E-state index contributed by atoms with van der Waals surface area (Å²) < 4.78 is 5.74. The first kappa shape index (κ1) is 13.5. The zero-order valence-corrected chi connectivity index (χ0v) is 11.4. The van der Waals surface area contributed by atoms with Gasteiger partial charge in [-0.3, -0.25) is 4.79 Å². The number of hydrogen-bond donors (Lipinski definition) is 1. The Hall–Kier alpha value is -0.530. The highest BCUT2D eigenvalue weighted by atomic mass is 127. The zero-order valence-electron chi connectivity index (χ0n) is 9.24. The highest BCUT2D eigenvalue weighted by Crippen LogP contribution is 2.35. The quantitative estimate of drug-likeness (QED) is 0.482. The maximum Gasteiger partial charge on any atom is 0.407 e. The number of carboxylic acid groups (broad SMARTS) is 1. The van der Waals surface area contributed by atoms with Gasteiger partial charge in [-0.2, -0.15) is 0 Å². The van der Waals surface area contributed by atoms with E-state index in [2.05, 4.69) is 22.6 Å². The van der Waals surface area contributed by atoms with E-state index in [1.54, 1.807) is 6.92 Å². The molecule has 16 heavy (non-hydrogen) atoms. The van der Waals surface area contributed by atoms with Crippen LogP contribution in [0.25, 0.3) is 0 Å². The van der Waals surface area contributed by atoms with Crippen LogP contribution in [0.4, 0.5) is 4.79 Å². The lowest BCUT2D eigenvalue weighted by Crippen LogP contribution is -2.47. The van der Waals surface area contributed by atoms with Crippen molar-refractivity contribution in [2.75, 3.05) is 24.1 Å². The Balaban J connectivity index is 2.64. The molecular weight excluding hydrogens is 325 g/mol. The third-order valence-corrected chi connectivity index (χ3v) is 4.42. The summed E-state index contributed by atoms with van der Waals surface area (Å²) in [6.07, 6.45) is 0.202. The van der Waals surface area contributed by atoms with Crippen LogP contribution in [0.1, 0.15) is 19.8 Å². The van der Waals surface area contributed by atoms with Crippen LogP contribution in [-0.4, -0.2) is 46.2 Å². The standard InChI is InChI=1S/C10H16INO4/c1-2-16-8(13)10(7-11)3-5-12(6-4-10)9(14)15/h2-7H2,1H3,(H,14,15). The van der Waals surface area contributed by atoms with Gasteiger partial charge in [-0.25, -0.2) is 4.79 Å². The molecule has 1 fully saturated rings. The smallest absolute Gasteiger partial charge is 0.407 e. The fourth-order valence-electron chi connectivity index (χ4n) is 1.80. The number of esters is 1. The van der Waals surface area contributed by atoms with Crippen LogP contribution in [-0.2, 0) is 9.53 Å². The number of alkyl halides is 1. The van der Waals surface area contributed by atoms with Gasteiger partial charge in [0.15, 0.2) is 0 Å². The second kappa shape index (κ2) is 5.70. The van der Waals surface area contributed by atoms with Gasteiger partial charge in [-0.15, -0.1) is 0 Å². The van der Waals surface area contributed by atoms with Crippen LogP contribution in [0.5, 0.6) is 0 Å². The molecule has 0 aromatic heterocycles. The van der Waals surface area contributed by atoms with Crippen molar-refractivity contribution in [1.82, 2.24) is 4.90 Å². The first-order valence-corrected chi connectivity index (χ1v) is 6.79. The van der Waals surface area contributed by atoms with Crippen LogP contribution >= 0.6 is 22.6 Å². The maximum absolute atomic E-state index is 11.8. The Morgan fingerprint density at radius 3 is 2.38 bits per heavy atom. The lowest BCUT2D eigenvalue weighted by atomic mass is 9.80. The van der Waals surface area contributed by atoms with Crippen molar-refractivity contribution >= 4 is 34.7 Å². The molecule has 0 spiro atoms. The average Bonchev–Trinajstić information content (AvgIpc) is 2.29. The van der Waals surface area contributed by atoms with E-state index in [1.807, 2.05) is 0 Å². The SMILES string of the molecule is CCOC(=O)C1(CI)CCN(C(=O)O)CC1. The topological polar surface area (TPSA) is 66.8 Å². The van der Waals surface area contributed by atoms with Crippen molar-refractivity contribution in [2.45, 2.75) is 19.8 Å². The van der Waals surface area contributed by atoms with Crippen LogP contribution in [0, 0.1) is 5.41 Å². The molecule has 1 aliphatic rings. The van der Waals surface area contributed by atoms with E-state index in [1.165, 1.54) is 4.90 Å².